The van der Waals surface area contributed by atoms with Crippen molar-refractivity contribution in [2.75, 3.05) is 5.32 Å². The predicted molar refractivity (Wildman–Crippen MR) is 91.4 cm³/mol. The molecule has 0 unspecified atom stereocenters. The number of para-hydroxylation sites is 1. The molecule has 1 amide bonds. The van der Waals surface area contributed by atoms with Crippen LogP contribution in [-0.2, 0) is 0 Å². The molecule has 5 heteroatoms. The monoisotopic (exact) mass is 327 g/mol. The molecule has 1 aromatic heterocycles. The number of halogens is 1. The molecule has 4 nitrogen and oxygen atoms in total. The van der Waals surface area contributed by atoms with Crippen LogP contribution in [0.25, 0.3) is 11.0 Å². The van der Waals surface area contributed by atoms with Crippen molar-refractivity contribution in [3.63, 3.8) is 0 Å². The number of anilines is 1. The van der Waals surface area contributed by atoms with Gasteiger partial charge in [0, 0.05) is 11.8 Å². The molecule has 1 N–H and O–H groups in total. The number of carbonyl (C=O) groups excluding carboxylic acids is 1. The second kappa shape index (κ2) is 5.89. The largest absolute Gasteiger partial charge is 0.449 e. The van der Waals surface area contributed by atoms with E-state index in [1.54, 1.807) is 18.2 Å². The van der Waals surface area contributed by atoms with E-state index in [-0.39, 0.29) is 16.8 Å². The lowest BCUT2D eigenvalue weighted by molar-refractivity contribution is 0.0997. The summed E-state index contributed by atoms with van der Waals surface area (Å²) in [6.45, 7) is 3.87. The predicted octanol–water partition coefficient (Wildman–Crippen LogP) is 4.32. The summed E-state index contributed by atoms with van der Waals surface area (Å²) < 4.78 is 5.53. The highest BCUT2D eigenvalue weighted by molar-refractivity contribution is 6.34. The Morgan fingerprint density at radius 2 is 1.91 bits per heavy atom. The Balaban J connectivity index is 2.01. The Hall–Kier alpha value is -2.59. The molecule has 0 saturated carbocycles. The van der Waals surface area contributed by atoms with E-state index in [1.165, 1.54) is 6.07 Å². The van der Waals surface area contributed by atoms with Crippen LogP contribution in [0.1, 0.15) is 21.7 Å². The summed E-state index contributed by atoms with van der Waals surface area (Å²) in [6, 6.07) is 11.7. The normalized spacial score (nSPS) is 10.7. The summed E-state index contributed by atoms with van der Waals surface area (Å²) in [6.07, 6.45) is 0. The number of rotatable bonds is 2. The maximum Gasteiger partial charge on any atom is 0.291 e. The van der Waals surface area contributed by atoms with E-state index < -0.39 is 5.91 Å². The van der Waals surface area contributed by atoms with Gasteiger partial charge in [0.1, 0.15) is 0 Å². The summed E-state index contributed by atoms with van der Waals surface area (Å²) >= 11 is 6.04. The molecule has 3 rings (SSSR count). The SMILES string of the molecule is Cc1ccc(NC(=O)c2cc(=O)c3cccc(Cl)c3o2)c(C)c1. The van der Waals surface area contributed by atoms with Gasteiger partial charge in [-0.05, 0) is 37.6 Å². The first-order chi connectivity index (χ1) is 11.0. The summed E-state index contributed by atoms with van der Waals surface area (Å²) in [5, 5.41) is 3.39. The first-order valence-electron chi connectivity index (χ1n) is 7.06. The Kier molecular flexibility index (Phi) is 3.92. The lowest BCUT2D eigenvalue weighted by Crippen LogP contribution is -2.15. The molecule has 0 aliphatic heterocycles. The minimum Gasteiger partial charge on any atom is -0.449 e. The zero-order chi connectivity index (χ0) is 16.6. The molecule has 23 heavy (non-hydrogen) atoms. The van der Waals surface area contributed by atoms with E-state index >= 15 is 0 Å². The van der Waals surface area contributed by atoms with E-state index in [1.807, 2.05) is 32.0 Å². The van der Waals surface area contributed by atoms with Crippen LogP contribution < -0.4 is 10.7 Å². The van der Waals surface area contributed by atoms with Crippen molar-refractivity contribution in [2.24, 2.45) is 0 Å². The third-order valence-corrected chi connectivity index (χ3v) is 3.86. The maximum atomic E-state index is 12.4. The molecular formula is C18H14ClNO3. The number of nitrogens with one attached hydrogen (secondary N) is 1. The summed E-state index contributed by atoms with van der Waals surface area (Å²) in [4.78, 5) is 24.5. The number of hydrogen-bond acceptors (Lipinski definition) is 3. The summed E-state index contributed by atoms with van der Waals surface area (Å²) in [7, 11) is 0. The molecule has 2 aromatic carbocycles. The van der Waals surface area contributed by atoms with Gasteiger partial charge in [0.15, 0.2) is 16.8 Å². The lowest BCUT2D eigenvalue weighted by atomic mass is 10.1. The molecule has 0 aliphatic carbocycles. The van der Waals surface area contributed by atoms with Gasteiger partial charge in [-0.2, -0.15) is 0 Å². The highest BCUT2D eigenvalue weighted by Gasteiger charge is 2.14. The first kappa shape index (κ1) is 15.3. The fourth-order valence-corrected chi connectivity index (χ4v) is 2.61. The van der Waals surface area contributed by atoms with Gasteiger partial charge in [0.25, 0.3) is 5.91 Å². The fourth-order valence-electron chi connectivity index (χ4n) is 2.39. The molecule has 116 valence electrons. The molecule has 0 bridgehead atoms. The Bertz CT molecular complexity index is 976. The molecule has 3 aromatic rings. The molecule has 0 fully saturated rings. The van der Waals surface area contributed by atoms with E-state index in [0.29, 0.717) is 16.1 Å². The van der Waals surface area contributed by atoms with Crippen molar-refractivity contribution in [3.8, 4) is 0 Å². The number of aryl methyl sites for hydroxylation is 2. The van der Waals surface area contributed by atoms with Gasteiger partial charge in [-0.25, -0.2) is 0 Å². The highest BCUT2D eigenvalue weighted by Crippen LogP contribution is 2.23. The second-order valence-corrected chi connectivity index (χ2v) is 5.77. The topological polar surface area (TPSA) is 59.3 Å². The molecule has 0 saturated heterocycles. The molecule has 0 aliphatic rings. The van der Waals surface area contributed by atoms with Crippen LogP contribution in [0.3, 0.4) is 0 Å². The standard InChI is InChI=1S/C18H14ClNO3/c1-10-6-7-14(11(2)8-10)20-18(22)16-9-15(21)12-4-3-5-13(19)17(12)23-16/h3-9H,1-2H3,(H,20,22). The molecule has 0 atom stereocenters. The molecule has 0 spiro atoms. The number of amides is 1. The average Bonchev–Trinajstić information content (AvgIpc) is 2.51. The third kappa shape index (κ3) is 2.98. The molecule has 0 radical (unpaired) electrons. The van der Waals surface area contributed by atoms with Gasteiger partial charge < -0.3 is 9.73 Å². The van der Waals surface area contributed by atoms with E-state index in [2.05, 4.69) is 5.32 Å². The minimum atomic E-state index is -0.490. The minimum absolute atomic E-state index is 0.0735. The van der Waals surface area contributed by atoms with Crippen molar-refractivity contribution in [3.05, 3.63) is 74.6 Å². The zero-order valence-electron chi connectivity index (χ0n) is 12.6. The summed E-state index contributed by atoms with van der Waals surface area (Å²) in [5.41, 5.74) is 2.61. The second-order valence-electron chi connectivity index (χ2n) is 5.36. The number of carbonyl (C=O) groups is 1. The highest BCUT2D eigenvalue weighted by atomic mass is 35.5. The number of benzene rings is 2. The van der Waals surface area contributed by atoms with E-state index in [4.69, 9.17) is 16.0 Å². The molecular weight excluding hydrogens is 314 g/mol. The lowest BCUT2D eigenvalue weighted by Gasteiger charge is -2.09. The third-order valence-electron chi connectivity index (χ3n) is 3.56. The zero-order valence-corrected chi connectivity index (χ0v) is 13.4. The van der Waals surface area contributed by atoms with Crippen LogP contribution in [0.4, 0.5) is 5.69 Å². The van der Waals surface area contributed by atoms with Crippen molar-refractivity contribution >= 4 is 34.2 Å². The quantitative estimate of drug-likeness (QED) is 0.762. The van der Waals surface area contributed by atoms with Crippen LogP contribution in [0.5, 0.6) is 0 Å². The Labute approximate surface area is 137 Å². The van der Waals surface area contributed by atoms with Gasteiger partial charge in [-0.1, -0.05) is 35.4 Å². The molecule has 1 heterocycles. The fraction of sp³-hybridized carbons (Fsp3) is 0.111. The maximum absolute atomic E-state index is 12.4. The first-order valence-corrected chi connectivity index (χ1v) is 7.44. The smallest absolute Gasteiger partial charge is 0.291 e. The van der Waals surface area contributed by atoms with E-state index in [9.17, 15) is 9.59 Å². The van der Waals surface area contributed by atoms with Crippen molar-refractivity contribution < 1.29 is 9.21 Å². The Morgan fingerprint density at radius 3 is 2.65 bits per heavy atom. The van der Waals surface area contributed by atoms with Gasteiger partial charge >= 0.3 is 0 Å². The van der Waals surface area contributed by atoms with Crippen LogP contribution in [0.15, 0.2) is 51.7 Å². The van der Waals surface area contributed by atoms with Gasteiger partial charge in [-0.15, -0.1) is 0 Å². The van der Waals surface area contributed by atoms with Crippen LogP contribution in [-0.4, -0.2) is 5.91 Å². The summed E-state index contributed by atoms with van der Waals surface area (Å²) in [5.74, 6) is -0.563. The van der Waals surface area contributed by atoms with Crippen LogP contribution in [0, 0.1) is 13.8 Å². The van der Waals surface area contributed by atoms with Crippen molar-refractivity contribution in [1.82, 2.24) is 0 Å². The average molecular weight is 328 g/mol. The van der Waals surface area contributed by atoms with Crippen molar-refractivity contribution in [2.45, 2.75) is 13.8 Å². The Morgan fingerprint density at radius 1 is 1.13 bits per heavy atom. The van der Waals surface area contributed by atoms with Crippen LogP contribution in [0.2, 0.25) is 5.02 Å². The van der Waals surface area contributed by atoms with Crippen LogP contribution >= 0.6 is 11.6 Å². The van der Waals surface area contributed by atoms with Gasteiger partial charge in [-0.3, -0.25) is 9.59 Å². The van der Waals surface area contributed by atoms with Crippen molar-refractivity contribution in [1.29, 1.82) is 0 Å². The van der Waals surface area contributed by atoms with Gasteiger partial charge in [0.2, 0.25) is 0 Å². The van der Waals surface area contributed by atoms with E-state index in [0.717, 1.165) is 11.1 Å². The number of fused-ring (bicyclic) bond motifs is 1. The number of hydrogen-bond donors (Lipinski definition) is 1. The van der Waals surface area contributed by atoms with Gasteiger partial charge in [0.05, 0.1) is 10.4 Å².